The van der Waals surface area contributed by atoms with E-state index in [9.17, 15) is 8.42 Å². The highest BCUT2D eigenvalue weighted by molar-refractivity contribution is 7.91. The standard InChI is InChI=1S/C15H18N4O2S3/c1-3-11-9-12-14(17-10-18-15(12)23-11)16-6-7-19(2)24(20,21)13-5-4-8-22-13/h4-5,8-10H,3,6-7H2,1-2H3,(H,16,17,18). The van der Waals surface area contributed by atoms with E-state index in [2.05, 4.69) is 28.3 Å². The molecule has 128 valence electrons. The van der Waals surface area contributed by atoms with Crippen molar-refractivity contribution in [2.45, 2.75) is 17.6 Å². The van der Waals surface area contributed by atoms with Gasteiger partial charge in [-0.25, -0.2) is 18.4 Å². The van der Waals surface area contributed by atoms with Gasteiger partial charge < -0.3 is 5.32 Å². The van der Waals surface area contributed by atoms with Crippen LogP contribution in [-0.4, -0.2) is 42.8 Å². The Morgan fingerprint density at radius 2 is 2.17 bits per heavy atom. The quantitative estimate of drug-likeness (QED) is 0.680. The lowest BCUT2D eigenvalue weighted by molar-refractivity contribution is 0.482. The highest BCUT2D eigenvalue weighted by atomic mass is 32.2. The first kappa shape index (κ1) is 17.3. The van der Waals surface area contributed by atoms with Gasteiger partial charge in [0.1, 0.15) is 21.2 Å². The van der Waals surface area contributed by atoms with Crippen molar-refractivity contribution < 1.29 is 8.42 Å². The first-order chi connectivity index (χ1) is 11.5. The third-order valence-electron chi connectivity index (χ3n) is 3.61. The maximum atomic E-state index is 12.4. The number of hydrogen-bond acceptors (Lipinski definition) is 7. The van der Waals surface area contributed by atoms with Crippen molar-refractivity contribution in [2.24, 2.45) is 0 Å². The summed E-state index contributed by atoms with van der Waals surface area (Å²) < 4.78 is 26.5. The average molecular weight is 383 g/mol. The van der Waals surface area contributed by atoms with Crippen molar-refractivity contribution in [3.63, 3.8) is 0 Å². The Kier molecular flexibility index (Phi) is 5.14. The number of fused-ring (bicyclic) bond motifs is 1. The zero-order valence-electron chi connectivity index (χ0n) is 13.4. The van der Waals surface area contributed by atoms with E-state index >= 15 is 0 Å². The molecule has 0 amide bonds. The van der Waals surface area contributed by atoms with Gasteiger partial charge in [0.05, 0.1) is 5.39 Å². The topological polar surface area (TPSA) is 75.2 Å². The van der Waals surface area contributed by atoms with E-state index in [1.165, 1.54) is 26.8 Å². The van der Waals surface area contributed by atoms with Crippen LogP contribution in [0.5, 0.6) is 0 Å². The molecule has 0 saturated heterocycles. The minimum Gasteiger partial charge on any atom is -0.368 e. The maximum absolute atomic E-state index is 12.4. The van der Waals surface area contributed by atoms with Gasteiger partial charge in [-0.05, 0) is 23.9 Å². The molecule has 0 aliphatic rings. The van der Waals surface area contributed by atoms with Crippen molar-refractivity contribution in [3.05, 3.63) is 34.8 Å². The Labute approximate surface area is 149 Å². The zero-order valence-corrected chi connectivity index (χ0v) is 15.8. The molecule has 0 bridgehead atoms. The van der Waals surface area contributed by atoms with E-state index in [-0.39, 0.29) is 0 Å². The summed E-state index contributed by atoms with van der Waals surface area (Å²) in [7, 11) is -1.82. The smallest absolute Gasteiger partial charge is 0.252 e. The highest BCUT2D eigenvalue weighted by Gasteiger charge is 2.21. The minimum absolute atomic E-state index is 0.358. The van der Waals surface area contributed by atoms with Crippen LogP contribution in [-0.2, 0) is 16.4 Å². The first-order valence-electron chi connectivity index (χ1n) is 7.49. The summed E-state index contributed by atoms with van der Waals surface area (Å²) in [6.45, 7) is 2.94. The van der Waals surface area contributed by atoms with Crippen LogP contribution in [0.1, 0.15) is 11.8 Å². The molecular formula is C15H18N4O2S3. The average Bonchev–Trinajstić information content (AvgIpc) is 3.24. The third-order valence-corrected chi connectivity index (χ3v) is 8.02. The Morgan fingerprint density at radius 3 is 2.88 bits per heavy atom. The number of likely N-dealkylation sites (N-methyl/N-ethyl adjacent to an activating group) is 1. The van der Waals surface area contributed by atoms with Gasteiger partial charge in [0.25, 0.3) is 10.0 Å². The second-order valence-electron chi connectivity index (χ2n) is 5.19. The van der Waals surface area contributed by atoms with Crippen LogP contribution in [0.4, 0.5) is 5.82 Å². The molecular weight excluding hydrogens is 364 g/mol. The van der Waals surface area contributed by atoms with Crippen LogP contribution < -0.4 is 5.32 Å². The molecule has 6 nitrogen and oxygen atoms in total. The molecule has 0 aliphatic heterocycles. The fourth-order valence-electron chi connectivity index (χ4n) is 2.24. The molecule has 0 atom stereocenters. The highest BCUT2D eigenvalue weighted by Crippen LogP contribution is 2.28. The molecule has 0 radical (unpaired) electrons. The predicted octanol–water partition coefficient (Wildman–Crippen LogP) is 3.05. The van der Waals surface area contributed by atoms with Gasteiger partial charge in [-0.3, -0.25) is 0 Å². The summed E-state index contributed by atoms with van der Waals surface area (Å²) in [5.74, 6) is 0.748. The molecule has 3 heterocycles. The van der Waals surface area contributed by atoms with Gasteiger partial charge in [0.15, 0.2) is 0 Å². The third kappa shape index (κ3) is 3.44. The number of aromatic nitrogens is 2. The Bertz CT molecular complexity index is 920. The van der Waals surface area contributed by atoms with Gasteiger partial charge in [-0.1, -0.05) is 13.0 Å². The van der Waals surface area contributed by atoms with E-state index in [0.717, 1.165) is 22.5 Å². The molecule has 24 heavy (non-hydrogen) atoms. The van der Waals surface area contributed by atoms with Crippen LogP contribution in [0, 0.1) is 0 Å². The van der Waals surface area contributed by atoms with Gasteiger partial charge in [0, 0.05) is 25.0 Å². The molecule has 0 aliphatic carbocycles. The summed E-state index contributed by atoms with van der Waals surface area (Å²) in [5, 5.41) is 5.98. The number of aryl methyl sites for hydroxylation is 1. The second kappa shape index (κ2) is 7.14. The molecule has 0 spiro atoms. The van der Waals surface area contributed by atoms with E-state index in [0.29, 0.717) is 17.3 Å². The predicted molar refractivity (Wildman–Crippen MR) is 99.4 cm³/mol. The van der Waals surface area contributed by atoms with Crippen molar-refractivity contribution in [3.8, 4) is 0 Å². The molecule has 0 saturated carbocycles. The zero-order chi connectivity index (χ0) is 17.2. The van der Waals surface area contributed by atoms with E-state index in [1.54, 1.807) is 35.9 Å². The van der Waals surface area contributed by atoms with Crippen LogP contribution >= 0.6 is 22.7 Å². The number of nitrogens with zero attached hydrogens (tertiary/aromatic N) is 3. The Balaban J connectivity index is 1.67. The number of anilines is 1. The van der Waals surface area contributed by atoms with E-state index in [4.69, 9.17) is 0 Å². The number of thiophene rings is 2. The number of nitrogens with one attached hydrogen (secondary N) is 1. The van der Waals surface area contributed by atoms with Crippen LogP contribution in [0.2, 0.25) is 0 Å². The van der Waals surface area contributed by atoms with Crippen LogP contribution in [0.3, 0.4) is 0 Å². The number of hydrogen-bond donors (Lipinski definition) is 1. The summed E-state index contributed by atoms with van der Waals surface area (Å²) >= 11 is 2.88. The van der Waals surface area contributed by atoms with Crippen molar-refractivity contribution in [2.75, 3.05) is 25.5 Å². The van der Waals surface area contributed by atoms with Gasteiger partial charge >= 0.3 is 0 Å². The lowest BCUT2D eigenvalue weighted by atomic mass is 10.3. The van der Waals surface area contributed by atoms with Gasteiger partial charge in [-0.2, -0.15) is 4.31 Å². The summed E-state index contributed by atoms with van der Waals surface area (Å²) in [6, 6.07) is 5.45. The lowest BCUT2D eigenvalue weighted by Crippen LogP contribution is -2.31. The summed E-state index contributed by atoms with van der Waals surface area (Å²) in [6.07, 6.45) is 2.50. The van der Waals surface area contributed by atoms with Crippen molar-refractivity contribution in [1.29, 1.82) is 0 Å². The molecule has 9 heteroatoms. The molecule has 3 aromatic heterocycles. The Morgan fingerprint density at radius 1 is 1.33 bits per heavy atom. The number of rotatable bonds is 7. The molecule has 0 unspecified atom stereocenters. The second-order valence-corrected chi connectivity index (χ2v) is 9.53. The fraction of sp³-hybridized carbons (Fsp3) is 0.333. The van der Waals surface area contributed by atoms with Crippen LogP contribution in [0.15, 0.2) is 34.1 Å². The van der Waals surface area contributed by atoms with E-state index < -0.39 is 10.0 Å². The SMILES string of the molecule is CCc1cc2c(NCCN(C)S(=O)(=O)c3cccs3)ncnc2s1. The summed E-state index contributed by atoms with van der Waals surface area (Å²) in [5.41, 5.74) is 0. The van der Waals surface area contributed by atoms with Gasteiger partial charge in [0.2, 0.25) is 0 Å². The molecule has 0 fully saturated rings. The van der Waals surface area contributed by atoms with E-state index in [1.807, 2.05) is 0 Å². The molecule has 3 rings (SSSR count). The normalized spacial score (nSPS) is 12.1. The number of sulfonamides is 1. The minimum atomic E-state index is -3.41. The lowest BCUT2D eigenvalue weighted by Gasteiger charge is -2.16. The molecule has 0 aromatic carbocycles. The largest absolute Gasteiger partial charge is 0.368 e. The first-order valence-corrected chi connectivity index (χ1v) is 10.6. The maximum Gasteiger partial charge on any atom is 0.252 e. The van der Waals surface area contributed by atoms with Crippen molar-refractivity contribution in [1.82, 2.24) is 14.3 Å². The fourth-order valence-corrected chi connectivity index (χ4v) is 5.54. The molecule has 1 N–H and O–H groups in total. The van der Waals surface area contributed by atoms with Crippen molar-refractivity contribution >= 4 is 48.7 Å². The Hall–Kier alpha value is -1.55. The van der Waals surface area contributed by atoms with Gasteiger partial charge in [-0.15, -0.1) is 22.7 Å². The molecule has 3 aromatic rings. The summed E-state index contributed by atoms with van der Waals surface area (Å²) in [4.78, 5) is 10.8. The monoisotopic (exact) mass is 382 g/mol. The van der Waals surface area contributed by atoms with Crippen LogP contribution in [0.25, 0.3) is 10.2 Å².